The van der Waals surface area contributed by atoms with Crippen molar-refractivity contribution >= 4 is 6.09 Å². The van der Waals surface area contributed by atoms with Crippen molar-refractivity contribution in [2.24, 2.45) is 5.92 Å². The summed E-state index contributed by atoms with van der Waals surface area (Å²) >= 11 is 0. The average Bonchev–Trinajstić information content (AvgIpc) is 2.20. The zero-order valence-corrected chi connectivity index (χ0v) is 12.1. The molecular formula is C14H27NO3. The Kier molecular flexibility index (Phi) is 5.02. The number of ether oxygens (including phenoxy) is 1. The first-order valence-corrected chi connectivity index (χ1v) is 6.88. The molecule has 2 N–H and O–H groups in total. The van der Waals surface area contributed by atoms with Gasteiger partial charge in [-0.3, -0.25) is 0 Å². The Morgan fingerprint density at radius 2 is 1.94 bits per heavy atom. The van der Waals surface area contributed by atoms with Gasteiger partial charge >= 0.3 is 6.09 Å². The van der Waals surface area contributed by atoms with Crippen molar-refractivity contribution in [3.05, 3.63) is 0 Å². The van der Waals surface area contributed by atoms with Gasteiger partial charge in [-0.25, -0.2) is 4.79 Å². The molecule has 0 aromatic heterocycles. The second-order valence-corrected chi connectivity index (χ2v) is 6.56. The first kappa shape index (κ1) is 15.3. The van der Waals surface area contributed by atoms with Crippen molar-refractivity contribution < 1.29 is 14.6 Å². The highest BCUT2D eigenvalue weighted by molar-refractivity contribution is 5.68. The molecule has 106 valence electrons. The molecule has 0 aromatic rings. The zero-order valence-electron chi connectivity index (χ0n) is 12.1. The summed E-state index contributed by atoms with van der Waals surface area (Å²) in [5, 5.41) is 12.2. The number of hydrogen-bond acceptors (Lipinski definition) is 3. The number of amides is 1. The molecule has 0 heterocycles. The first-order chi connectivity index (χ1) is 8.26. The second kappa shape index (κ2) is 5.91. The summed E-state index contributed by atoms with van der Waals surface area (Å²) in [5.41, 5.74) is -0.754. The van der Waals surface area contributed by atoms with E-state index in [4.69, 9.17) is 4.74 Å². The zero-order chi connectivity index (χ0) is 13.8. The Labute approximate surface area is 110 Å². The molecule has 4 nitrogen and oxygen atoms in total. The predicted octanol–water partition coefficient (Wildman–Crippen LogP) is 2.84. The molecule has 0 radical (unpaired) electrons. The molecule has 0 atom stereocenters. The summed E-state index contributed by atoms with van der Waals surface area (Å²) in [6.07, 6.45) is 4.28. The molecule has 4 heteroatoms. The molecule has 18 heavy (non-hydrogen) atoms. The van der Waals surface area contributed by atoms with E-state index in [0.717, 1.165) is 25.7 Å². The SMILES string of the molecule is CC(C)(C)OC(=O)N[C@]1(CCO)CC[C@H](C)CC1. The Hall–Kier alpha value is -0.770. The van der Waals surface area contributed by atoms with Crippen LogP contribution in [0, 0.1) is 5.92 Å². The fourth-order valence-electron chi connectivity index (χ4n) is 2.49. The van der Waals surface area contributed by atoms with E-state index in [-0.39, 0.29) is 18.2 Å². The number of nitrogens with one attached hydrogen (secondary N) is 1. The molecule has 1 rings (SSSR count). The second-order valence-electron chi connectivity index (χ2n) is 6.56. The lowest BCUT2D eigenvalue weighted by molar-refractivity contribution is 0.0381. The van der Waals surface area contributed by atoms with Gasteiger partial charge in [-0.15, -0.1) is 0 Å². The van der Waals surface area contributed by atoms with Crippen LogP contribution in [-0.4, -0.2) is 28.9 Å². The molecule has 1 aliphatic carbocycles. The normalized spacial score (nSPS) is 28.8. The predicted molar refractivity (Wildman–Crippen MR) is 71.4 cm³/mol. The molecule has 0 aromatic carbocycles. The summed E-state index contributed by atoms with van der Waals surface area (Å²) in [5.74, 6) is 0.706. The number of carbonyl (C=O) groups excluding carboxylic acids is 1. The summed E-state index contributed by atoms with van der Waals surface area (Å²) in [7, 11) is 0. The van der Waals surface area contributed by atoms with Crippen molar-refractivity contribution in [3.63, 3.8) is 0 Å². The Bertz CT molecular complexity index is 275. The smallest absolute Gasteiger partial charge is 0.408 e. The minimum Gasteiger partial charge on any atom is -0.444 e. The number of aliphatic hydroxyl groups excluding tert-OH is 1. The van der Waals surface area contributed by atoms with E-state index >= 15 is 0 Å². The standard InChI is InChI=1S/C14H27NO3/c1-11-5-7-14(8-6-11,9-10-16)15-12(17)18-13(2,3)4/h11,16H,5-10H2,1-4H3,(H,15,17)/t11-,14+. The molecule has 1 saturated carbocycles. The topological polar surface area (TPSA) is 58.6 Å². The molecular weight excluding hydrogens is 230 g/mol. The van der Waals surface area contributed by atoms with Crippen LogP contribution in [0.5, 0.6) is 0 Å². The molecule has 0 spiro atoms. The Morgan fingerprint density at radius 3 is 2.39 bits per heavy atom. The summed E-state index contributed by atoms with van der Waals surface area (Å²) in [6.45, 7) is 7.90. The third kappa shape index (κ3) is 4.84. The quantitative estimate of drug-likeness (QED) is 0.817. The molecule has 0 saturated heterocycles. The van der Waals surface area contributed by atoms with E-state index in [0.29, 0.717) is 12.3 Å². The van der Waals surface area contributed by atoms with E-state index < -0.39 is 5.60 Å². The highest BCUT2D eigenvalue weighted by Gasteiger charge is 2.36. The monoisotopic (exact) mass is 257 g/mol. The van der Waals surface area contributed by atoms with E-state index in [9.17, 15) is 9.90 Å². The van der Waals surface area contributed by atoms with Gasteiger partial charge in [-0.05, 0) is 58.8 Å². The highest BCUT2D eigenvalue weighted by Crippen LogP contribution is 2.34. The first-order valence-electron chi connectivity index (χ1n) is 6.88. The van der Waals surface area contributed by atoms with Gasteiger partial charge in [0.05, 0.1) is 0 Å². The van der Waals surface area contributed by atoms with E-state index in [2.05, 4.69) is 12.2 Å². The molecule has 0 aliphatic heterocycles. The Balaban J connectivity index is 2.60. The molecule has 1 amide bonds. The number of hydrogen-bond donors (Lipinski definition) is 2. The van der Waals surface area contributed by atoms with E-state index in [1.54, 1.807) is 0 Å². The van der Waals surface area contributed by atoms with Crippen LogP contribution >= 0.6 is 0 Å². The lowest BCUT2D eigenvalue weighted by Crippen LogP contribution is -2.52. The number of alkyl carbamates (subject to hydrolysis) is 1. The third-order valence-electron chi connectivity index (χ3n) is 3.59. The molecule has 0 bridgehead atoms. The largest absolute Gasteiger partial charge is 0.444 e. The van der Waals surface area contributed by atoms with Crippen molar-refractivity contribution in [2.75, 3.05) is 6.61 Å². The van der Waals surface area contributed by atoms with Gasteiger partial charge in [-0.2, -0.15) is 0 Å². The molecule has 0 unspecified atom stereocenters. The van der Waals surface area contributed by atoms with Gasteiger partial charge in [0.25, 0.3) is 0 Å². The average molecular weight is 257 g/mol. The minimum atomic E-state index is -0.480. The highest BCUT2D eigenvalue weighted by atomic mass is 16.6. The van der Waals surface area contributed by atoms with Crippen LogP contribution in [0.25, 0.3) is 0 Å². The molecule has 1 fully saturated rings. The summed E-state index contributed by atoms with van der Waals surface area (Å²) in [6, 6.07) is 0. The summed E-state index contributed by atoms with van der Waals surface area (Å²) in [4.78, 5) is 11.9. The number of rotatable bonds is 3. The fourth-order valence-corrected chi connectivity index (χ4v) is 2.49. The van der Waals surface area contributed by atoms with Crippen molar-refractivity contribution in [1.29, 1.82) is 0 Å². The lowest BCUT2D eigenvalue weighted by Gasteiger charge is -2.40. The molecule has 1 aliphatic rings. The van der Waals surface area contributed by atoms with Gasteiger partial charge in [0.1, 0.15) is 5.60 Å². The van der Waals surface area contributed by atoms with Crippen LogP contribution in [0.4, 0.5) is 4.79 Å². The van der Waals surface area contributed by atoms with Gasteiger partial charge in [-0.1, -0.05) is 6.92 Å². The van der Waals surface area contributed by atoms with Crippen LogP contribution in [-0.2, 0) is 4.74 Å². The van der Waals surface area contributed by atoms with Crippen LogP contribution in [0.1, 0.15) is 59.8 Å². The number of aliphatic hydroxyl groups is 1. The van der Waals surface area contributed by atoms with Gasteiger partial charge in [0.2, 0.25) is 0 Å². The van der Waals surface area contributed by atoms with Crippen LogP contribution in [0.2, 0.25) is 0 Å². The fraction of sp³-hybridized carbons (Fsp3) is 0.929. The van der Waals surface area contributed by atoms with E-state index in [1.165, 1.54) is 0 Å². The number of carbonyl (C=O) groups is 1. The maximum Gasteiger partial charge on any atom is 0.408 e. The van der Waals surface area contributed by atoms with Gasteiger partial charge < -0.3 is 15.2 Å². The summed E-state index contributed by atoms with van der Waals surface area (Å²) < 4.78 is 5.31. The van der Waals surface area contributed by atoms with Crippen molar-refractivity contribution in [2.45, 2.75) is 70.9 Å². The maximum atomic E-state index is 11.9. The maximum absolute atomic E-state index is 11.9. The van der Waals surface area contributed by atoms with Crippen LogP contribution < -0.4 is 5.32 Å². The van der Waals surface area contributed by atoms with Gasteiger partial charge in [0.15, 0.2) is 0 Å². The van der Waals surface area contributed by atoms with Crippen LogP contribution in [0.15, 0.2) is 0 Å². The minimum absolute atomic E-state index is 0.101. The van der Waals surface area contributed by atoms with Crippen LogP contribution in [0.3, 0.4) is 0 Å². The third-order valence-corrected chi connectivity index (χ3v) is 3.59. The van der Waals surface area contributed by atoms with Crippen molar-refractivity contribution in [3.8, 4) is 0 Å². The van der Waals surface area contributed by atoms with E-state index in [1.807, 2.05) is 20.8 Å². The Morgan fingerprint density at radius 1 is 1.39 bits per heavy atom. The van der Waals surface area contributed by atoms with Crippen molar-refractivity contribution in [1.82, 2.24) is 5.32 Å². The van der Waals surface area contributed by atoms with Gasteiger partial charge in [0, 0.05) is 12.1 Å². The lowest BCUT2D eigenvalue weighted by atomic mass is 9.75.